The van der Waals surface area contributed by atoms with Gasteiger partial charge >= 0.3 is 0 Å². The fourth-order valence-corrected chi connectivity index (χ4v) is 2.06. The number of hydrogen-bond donors (Lipinski definition) is 1. The number of aromatic nitrogens is 2. The predicted molar refractivity (Wildman–Crippen MR) is 66.4 cm³/mol. The van der Waals surface area contributed by atoms with Crippen LogP contribution in [0.25, 0.3) is 0 Å². The van der Waals surface area contributed by atoms with Crippen LogP contribution in [0.5, 0.6) is 0 Å². The second-order valence-corrected chi connectivity index (χ2v) is 4.42. The van der Waals surface area contributed by atoms with Gasteiger partial charge in [-0.05, 0) is 25.2 Å². The second-order valence-electron chi connectivity index (χ2n) is 3.30. The highest BCUT2D eigenvalue weighted by molar-refractivity contribution is 7.99. The van der Waals surface area contributed by atoms with Crippen molar-refractivity contribution >= 4 is 17.7 Å². The standard InChI is InChI=1S/C11H19N3S/c1-3-5-6-9-15-10-7-8-13-11(14-10)12-4-2/h7-8H,3-6,9H2,1-2H3,(H,12,13,14). The molecule has 0 saturated carbocycles. The Bertz CT molecular complexity index is 278. The van der Waals surface area contributed by atoms with Gasteiger partial charge in [-0.1, -0.05) is 19.8 Å². The van der Waals surface area contributed by atoms with Crippen LogP contribution in [-0.2, 0) is 0 Å². The van der Waals surface area contributed by atoms with E-state index in [2.05, 4.69) is 22.2 Å². The molecule has 0 atom stereocenters. The van der Waals surface area contributed by atoms with E-state index in [0.29, 0.717) is 0 Å². The predicted octanol–water partition coefficient (Wildman–Crippen LogP) is 3.19. The Morgan fingerprint density at radius 2 is 2.20 bits per heavy atom. The lowest BCUT2D eigenvalue weighted by atomic mass is 10.3. The first-order valence-electron chi connectivity index (χ1n) is 5.56. The maximum Gasteiger partial charge on any atom is 0.223 e. The van der Waals surface area contributed by atoms with Crippen LogP contribution in [0.2, 0.25) is 0 Å². The number of unbranched alkanes of at least 4 members (excludes halogenated alkanes) is 2. The van der Waals surface area contributed by atoms with E-state index in [1.807, 2.05) is 30.9 Å². The van der Waals surface area contributed by atoms with E-state index in [4.69, 9.17) is 0 Å². The number of nitrogens with one attached hydrogen (secondary N) is 1. The van der Waals surface area contributed by atoms with Crippen molar-refractivity contribution in [3.05, 3.63) is 12.3 Å². The van der Waals surface area contributed by atoms with Crippen LogP contribution in [0, 0.1) is 0 Å². The largest absolute Gasteiger partial charge is 0.354 e. The van der Waals surface area contributed by atoms with Gasteiger partial charge in [0.2, 0.25) is 5.95 Å². The van der Waals surface area contributed by atoms with Gasteiger partial charge in [0.25, 0.3) is 0 Å². The summed E-state index contributed by atoms with van der Waals surface area (Å²) in [7, 11) is 0. The molecule has 0 aliphatic carbocycles. The molecular weight excluding hydrogens is 206 g/mol. The smallest absolute Gasteiger partial charge is 0.223 e. The SMILES string of the molecule is CCCCCSc1ccnc(NCC)n1. The van der Waals surface area contributed by atoms with Crippen LogP contribution in [0.4, 0.5) is 5.95 Å². The van der Waals surface area contributed by atoms with E-state index in [9.17, 15) is 0 Å². The van der Waals surface area contributed by atoms with Crippen molar-refractivity contribution in [3.63, 3.8) is 0 Å². The molecule has 0 aliphatic heterocycles. The van der Waals surface area contributed by atoms with Crippen LogP contribution in [-0.4, -0.2) is 22.3 Å². The van der Waals surface area contributed by atoms with Gasteiger partial charge in [-0.2, -0.15) is 0 Å². The lowest BCUT2D eigenvalue weighted by Crippen LogP contribution is -2.01. The molecule has 0 amide bonds. The molecule has 84 valence electrons. The van der Waals surface area contributed by atoms with Gasteiger partial charge < -0.3 is 5.32 Å². The molecule has 0 aliphatic rings. The van der Waals surface area contributed by atoms with Gasteiger partial charge in [-0.25, -0.2) is 9.97 Å². The molecule has 1 rings (SSSR count). The maximum atomic E-state index is 4.40. The zero-order chi connectivity index (χ0) is 10.9. The summed E-state index contributed by atoms with van der Waals surface area (Å²) < 4.78 is 0. The molecule has 0 radical (unpaired) electrons. The lowest BCUT2D eigenvalue weighted by Gasteiger charge is -2.03. The van der Waals surface area contributed by atoms with Crippen molar-refractivity contribution in [3.8, 4) is 0 Å². The average Bonchev–Trinajstić information content (AvgIpc) is 2.26. The summed E-state index contributed by atoms with van der Waals surface area (Å²) in [6.07, 6.45) is 5.65. The highest BCUT2D eigenvalue weighted by Gasteiger charge is 1.98. The van der Waals surface area contributed by atoms with E-state index in [0.717, 1.165) is 23.3 Å². The minimum Gasteiger partial charge on any atom is -0.354 e. The Balaban J connectivity index is 2.36. The molecule has 1 heterocycles. The average molecular weight is 225 g/mol. The van der Waals surface area contributed by atoms with E-state index < -0.39 is 0 Å². The van der Waals surface area contributed by atoms with Gasteiger partial charge in [-0.15, -0.1) is 11.8 Å². The summed E-state index contributed by atoms with van der Waals surface area (Å²) in [5, 5.41) is 4.18. The third-order valence-electron chi connectivity index (χ3n) is 1.96. The third kappa shape index (κ3) is 5.02. The normalized spacial score (nSPS) is 10.3. The quantitative estimate of drug-likeness (QED) is 0.439. The molecule has 0 fully saturated rings. The lowest BCUT2D eigenvalue weighted by molar-refractivity contribution is 0.778. The Kier molecular flexibility index (Phi) is 6.16. The first kappa shape index (κ1) is 12.3. The number of anilines is 1. The molecule has 0 saturated heterocycles. The Labute approximate surface area is 96.1 Å². The van der Waals surface area contributed by atoms with E-state index in [1.54, 1.807) is 0 Å². The molecule has 0 bridgehead atoms. The van der Waals surface area contributed by atoms with E-state index in [1.165, 1.54) is 19.3 Å². The summed E-state index contributed by atoms with van der Waals surface area (Å²) in [4.78, 5) is 8.54. The molecule has 4 heteroatoms. The van der Waals surface area contributed by atoms with Gasteiger partial charge in [-0.3, -0.25) is 0 Å². The molecule has 0 unspecified atom stereocenters. The van der Waals surface area contributed by atoms with Crippen molar-refractivity contribution < 1.29 is 0 Å². The summed E-state index contributed by atoms with van der Waals surface area (Å²) in [5.41, 5.74) is 0. The minimum absolute atomic E-state index is 0.734. The minimum atomic E-state index is 0.734. The first-order chi connectivity index (χ1) is 7.36. The monoisotopic (exact) mass is 225 g/mol. The van der Waals surface area contributed by atoms with Gasteiger partial charge in [0, 0.05) is 12.7 Å². The highest BCUT2D eigenvalue weighted by Crippen LogP contribution is 2.17. The second kappa shape index (κ2) is 7.51. The van der Waals surface area contributed by atoms with Gasteiger partial charge in [0.05, 0.1) is 0 Å². The molecule has 3 nitrogen and oxygen atoms in total. The van der Waals surface area contributed by atoms with Crippen molar-refractivity contribution in [1.29, 1.82) is 0 Å². The molecule has 15 heavy (non-hydrogen) atoms. The number of thioether (sulfide) groups is 1. The first-order valence-corrected chi connectivity index (χ1v) is 6.55. The highest BCUT2D eigenvalue weighted by atomic mass is 32.2. The molecule has 0 spiro atoms. The van der Waals surface area contributed by atoms with E-state index >= 15 is 0 Å². The van der Waals surface area contributed by atoms with Crippen molar-refractivity contribution in [2.75, 3.05) is 17.6 Å². The number of nitrogens with zero attached hydrogens (tertiary/aromatic N) is 2. The number of hydrogen-bond acceptors (Lipinski definition) is 4. The van der Waals surface area contributed by atoms with Crippen molar-refractivity contribution in [1.82, 2.24) is 9.97 Å². The Morgan fingerprint density at radius 3 is 2.93 bits per heavy atom. The van der Waals surface area contributed by atoms with Gasteiger partial charge in [0.15, 0.2) is 0 Å². The van der Waals surface area contributed by atoms with Crippen LogP contribution >= 0.6 is 11.8 Å². The maximum absolute atomic E-state index is 4.40. The summed E-state index contributed by atoms with van der Waals surface area (Å²) >= 11 is 1.81. The molecule has 1 aromatic heterocycles. The van der Waals surface area contributed by atoms with Gasteiger partial charge in [0.1, 0.15) is 5.03 Å². The fourth-order valence-electron chi connectivity index (χ4n) is 1.19. The molecule has 1 N–H and O–H groups in total. The zero-order valence-corrected chi connectivity index (χ0v) is 10.3. The molecular formula is C11H19N3S. The van der Waals surface area contributed by atoms with Crippen LogP contribution in [0.15, 0.2) is 17.3 Å². The Hall–Kier alpha value is -0.770. The molecule has 1 aromatic rings. The molecule has 0 aromatic carbocycles. The number of rotatable bonds is 7. The van der Waals surface area contributed by atoms with Crippen molar-refractivity contribution in [2.45, 2.75) is 38.1 Å². The zero-order valence-electron chi connectivity index (χ0n) is 9.49. The van der Waals surface area contributed by atoms with Crippen LogP contribution in [0.3, 0.4) is 0 Å². The van der Waals surface area contributed by atoms with Crippen LogP contribution < -0.4 is 5.32 Å². The van der Waals surface area contributed by atoms with Crippen molar-refractivity contribution in [2.24, 2.45) is 0 Å². The Morgan fingerprint density at radius 1 is 1.33 bits per heavy atom. The summed E-state index contributed by atoms with van der Waals surface area (Å²) in [5.74, 6) is 1.88. The third-order valence-corrected chi connectivity index (χ3v) is 2.98. The van der Waals surface area contributed by atoms with Crippen LogP contribution in [0.1, 0.15) is 33.1 Å². The van der Waals surface area contributed by atoms with E-state index in [-0.39, 0.29) is 0 Å². The fraction of sp³-hybridized carbons (Fsp3) is 0.636. The summed E-state index contributed by atoms with van der Waals surface area (Å²) in [6.45, 7) is 5.13. The topological polar surface area (TPSA) is 37.8 Å². The summed E-state index contributed by atoms with van der Waals surface area (Å²) in [6, 6.07) is 1.97.